The Morgan fingerprint density at radius 3 is 2.30 bits per heavy atom. The standard InChI is InChI=1S/C14H16N2O4/c1-16(2)14(18)9-7-15-10-6-12(20-4)11(19-3)5-8(10)13(9)17/h5-7H,1-4H3,(H,15,17). The van der Waals surface area contributed by atoms with E-state index in [9.17, 15) is 9.59 Å². The van der Waals surface area contributed by atoms with E-state index in [-0.39, 0.29) is 16.9 Å². The van der Waals surface area contributed by atoms with E-state index in [2.05, 4.69) is 4.98 Å². The van der Waals surface area contributed by atoms with Crippen molar-refractivity contribution in [1.29, 1.82) is 0 Å². The summed E-state index contributed by atoms with van der Waals surface area (Å²) < 4.78 is 10.4. The largest absolute Gasteiger partial charge is 0.493 e. The number of fused-ring (bicyclic) bond motifs is 1. The van der Waals surface area contributed by atoms with Crippen LogP contribution in [0.2, 0.25) is 0 Å². The van der Waals surface area contributed by atoms with Gasteiger partial charge in [-0.05, 0) is 6.07 Å². The van der Waals surface area contributed by atoms with Gasteiger partial charge in [0.2, 0.25) is 5.43 Å². The number of carbonyl (C=O) groups excluding carboxylic acids is 1. The van der Waals surface area contributed by atoms with E-state index < -0.39 is 0 Å². The minimum atomic E-state index is -0.345. The lowest BCUT2D eigenvalue weighted by molar-refractivity contribution is 0.0826. The van der Waals surface area contributed by atoms with Crippen LogP contribution in [0.15, 0.2) is 23.1 Å². The van der Waals surface area contributed by atoms with Gasteiger partial charge in [0, 0.05) is 26.4 Å². The third kappa shape index (κ3) is 2.20. The highest BCUT2D eigenvalue weighted by molar-refractivity contribution is 5.97. The molecule has 0 atom stereocenters. The molecule has 0 radical (unpaired) electrons. The van der Waals surface area contributed by atoms with Gasteiger partial charge >= 0.3 is 0 Å². The van der Waals surface area contributed by atoms with Gasteiger partial charge in [-0.25, -0.2) is 0 Å². The van der Waals surface area contributed by atoms with E-state index >= 15 is 0 Å². The highest BCUT2D eigenvalue weighted by Crippen LogP contribution is 2.30. The molecule has 1 amide bonds. The maximum Gasteiger partial charge on any atom is 0.258 e. The van der Waals surface area contributed by atoms with Crippen molar-refractivity contribution < 1.29 is 14.3 Å². The molecule has 1 N–H and O–H groups in total. The predicted molar refractivity (Wildman–Crippen MR) is 75.7 cm³/mol. The molecule has 0 saturated carbocycles. The molecule has 2 rings (SSSR count). The number of nitrogens with zero attached hydrogens (tertiary/aromatic N) is 1. The van der Waals surface area contributed by atoms with E-state index in [1.54, 1.807) is 26.2 Å². The summed E-state index contributed by atoms with van der Waals surface area (Å²) in [5, 5.41) is 0.385. The van der Waals surface area contributed by atoms with Gasteiger partial charge in [0.1, 0.15) is 5.56 Å². The average molecular weight is 276 g/mol. The highest BCUT2D eigenvalue weighted by Gasteiger charge is 2.16. The lowest BCUT2D eigenvalue weighted by Gasteiger charge is -2.12. The Hall–Kier alpha value is -2.50. The number of hydrogen-bond donors (Lipinski definition) is 1. The normalized spacial score (nSPS) is 10.4. The number of rotatable bonds is 3. The molecule has 0 saturated heterocycles. The van der Waals surface area contributed by atoms with Crippen molar-refractivity contribution in [1.82, 2.24) is 9.88 Å². The maximum absolute atomic E-state index is 12.4. The first-order valence-corrected chi connectivity index (χ1v) is 5.98. The zero-order valence-electron chi connectivity index (χ0n) is 11.8. The number of hydrogen-bond acceptors (Lipinski definition) is 4. The van der Waals surface area contributed by atoms with Crippen LogP contribution in [-0.2, 0) is 0 Å². The Morgan fingerprint density at radius 1 is 1.15 bits per heavy atom. The molecule has 2 aromatic rings. The fourth-order valence-electron chi connectivity index (χ4n) is 1.95. The third-order valence-electron chi connectivity index (χ3n) is 3.02. The Labute approximate surface area is 115 Å². The molecule has 1 aromatic carbocycles. The molecular weight excluding hydrogens is 260 g/mol. The molecule has 1 aromatic heterocycles. The molecular formula is C14H16N2O4. The van der Waals surface area contributed by atoms with Gasteiger partial charge in [0.25, 0.3) is 5.91 Å². The second kappa shape index (κ2) is 5.24. The van der Waals surface area contributed by atoms with Gasteiger partial charge in [-0.3, -0.25) is 9.59 Å². The molecule has 106 valence electrons. The summed E-state index contributed by atoms with van der Waals surface area (Å²) >= 11 is 0. The first kappa shape index (κ1) is 13.9. The molecule has 0 bridgehead atoms. The summed E-state index contributed by atoms with van der Waals surface area (Å²) in [7, 11) is 6.21. The van der Waals surface area contributed by atoms with Crippen molar-refractivity contribution in [3.63, 3.8) is 0 Å². The maximum atomic E-state index is 12.4. The Morgan fingerprint density at radius 2 is 1.75 bits per heavy atom. The molecule has 0 aliphatic heterocycles. The molecule has 6 heteroatoms. The monoisotopic (exact) mass is 276 g/mol. The topological polar surface area (TPSA) is 71.6 Å². The lowest BCUT2D eigenvalue weighted by atomic mass is 10.1. The molecule has 20 heavy (non-hydrogen) atoms. The zero-order chi connectivity index (χ0) is 14.9. The number of methoxy groups -OCH3 is 2. The van der Waals surface area contributed by atoms with Crippen molar-refractivity contribution in [3.05, 3.63) is 34.1 Å². The average Bonchev–Trinajstić information content (AvgIpc) is 2.45. The molecule has 0 spiro atoms. The summed E-state index contributed by atoms with van der Waals surface area (Å²) in [5.41, 5.74) is 0.344. The van der Waals surface area contributed by atoms with Crippen LogP contribution < -0.4 is 14.9 Å². The van der Waals surface area contributed by atoms with E-state index in [0.29, 0.717) is 22.4 Å². The summed E-state index contributed by atoms with van der Waals surface area (Å²) in [6, 6.07) is 3.24. The molecule has 0 aliphatic rings. The van der Waals surface area contributed by atoms with E-state index in [0.717, 1.165) is 0 Å². The SMILES string of the molecule is COc1cc2[nH]cc(C(=O)N(C)C)c(=O)c2cc1OC. The fourth-order valence-corrected chi connectivity index (χ4v) is 1.95. The zero-order valence-corrected chi connectivity index (χ0v) is 11.8. The van der Waals surface area contributed by atoms with Gasteiger partial charge in [-0.1, -0.05) is 0 Å². The predicted octanol–water partition coefficient (Wildman–Crippen LogP) is 1.25. The van der Waals surface area contributed by atoms with Crippen LogP contribution in [0.4, 0.5) is 0 Å². The van der Waals surface area contributed by atoms with Crippen LogP contribution >= 0.6 is 0 Å². The van der Waals surface area contributed by atoms with Gasteiger partial charge in [-0.2, -0.15) is 0 Å². The van der Waals surface area contributed by atoms with Crippen molar-refractivity contribution >= 4 is 16.8 Å². The first-order valence-electron chi connectivity index (χ1n) is 5.98. The summed E-state index contributed by atoms with van der Waals surface area (Å²) in [6.45, 7) is 0. The second-order valence-corrected chi connectivity index (χ2v) is 4.48. The second-order valence-electron chi connectivity index (χ2n) is 4.48. The Kier molecular flexibility index (Phi) is 3.65. The highest BCUT2D eigenvalue weighted by atomic mass is 16.5. The Balaban J connectivity index is 2.73. The summed E-state index contributed by atoms with van der Waals surface area (Å²) in [4.78, 5) is 28.6. The smallest absolute Gasteiger partial charge is 0.258 e. The van der Waals surface area contributed by atoms with Crippen molar-refractivity contribution in [2.75, 3.05) is 28.3 Å². The van der Waals surface area contributed by atoms with Crippen LogP contribution in [0.1, 0.15) is 10.4 Å². The van der Waals surface area contributed by atoms with E-state index in [1.807, 2.05) is 0 Å². The first-order chi connectivity index (χ1) is 9.49. The van der Waals surface area contributed by atoms with Gasteiger partial charge in [-0.15, -0.1) is 0 Å². The number of ether oxygens (including phenoxy) is 2. The fraction of sp³-hybridized carbons (Fsp3) is 0.286. The minimum absolute atomic E-state index is 0.0923. The van der Waals surface area contributed by atoms with Gasteiger partial charge < -0.3 is 19.4 Å². The van der Waals surface area contributed by atoms with E-state index in [1.165, 1.54) is 25.3 Å². The molecule has 0 fully saturated rings. The van der Waals surface area contributed by atoms with Crippen LogP contribution in [-0.4, -0.2) is 44.1 Å². The van der Waals surface area contributed by atoms with Crippen molar-refractivity contribution in [2.24, 2.45) is 0 Å². The number of benzene rings is 1. The Bertz CT molecular complexity index is 719. The van der Waals surface area contributed by atoms with Crippen molar-refractivity contribution in [3.8, 4) is 11.5 Å². The number of aromatic amines is 1. The van der Waals surface area contributed by atoms with Crippen molar-refractivity contribution in [2.45, 2.75) is 0 Å². The molecule has 1 heterocycles. The van der Waals surface area contributed by atoms with E-state index in [4.69, 9.17) is 9.47 Å². The summed E-state index contributed by atoms with van der Waals surface area (Å²) in [5.74, 6) is 0.616. The number of carbonyl (C=O) groups is 1. The number of pyridine rings is 1. The number of H-pyrrole nitrogens is 1. The quantitative estimate of drug-likeness (QED) is 0.915. The van der Waals surface area contributed by atoms with Crippen LogP contribution in [0.25, 0.3) is 10.9 Å². The number of aromatic nitrogens is 1. The molecule has 0 unspecified atom stereocenters. The number of nitrogens with one attached hydrogen (secondary N) is 1. The van der Waals surface area contributed by atoms with Crippen LogP contribution in [0.5, 0.6) is 11.5 Å². The number of amides is 1. The van der Waals surface area contributed by atoms with Gasteiger partial charge in [0.05, 0.1) is 25.1 Å². The summed E-state index contributed by atoms with van der Waals surface area (Å²) in [6.07, 6.45) is 1.42. The van der Waals surface area contributed by atoms with Crippen LogP contribution in [0.3, 0.4) is 0 Å². The van der Waals surface area contributed by atoms with Gasteiger partial charge in [0.15, 0.2) is 11.5 Å². The van der Waals surface area contributed by atoms with Crippen LogP contribution in [0, 0.1) is 0 Å². The minimum Gasteiger partial charge on any atom is -0.493 e. The third-order valence-corrected chi connectivity index (χ3v) is 3.02. The molecule has 0 aliphatic carbocycles. The molecule has 6 nitrogen and oxygen atoms in total. The lowest BCUT2D eigenvalue weighted by Crippen LogP contribution is -2.27.